The van der Waals surface area contributed by atoms with Crippen molar-refractivity contribution < 1.29 is 41.7 Å². The molecule has 2 saturated heterocycles. The van der Waals surface area contributed by atoms with Gasteiger partial charge in [0.05, 0.1) is 19.8 Å². The summed E-state index contributed by atoms with van der Waals surface area (Å²) in [5.74, 6) is -0.191. The fourth-order valence-electron chi connectivity index (χ4n) is 3.77. The molecular formula is C20H22F3N3O6S. The smallest absolute Gasteiger partial charge is 0.486 e. The minimum absolute atomic E-state index is 0.0185. The quantitative estimate of drug-likeness (QED) is 0.523. The molecular weight excluding hydrogens is 467 g/mol. The Labute approximate surface area is 191 Å². The van der Waals surface area contributed by atoms with Crippen LogP contribution in [0.15, 0.2) is 23.7 Å². The molecule has 2 aromatic rings. The molecule has 13 heteroatoms. The van der Waals surface area contributed by atoms with Crippen LogP contribution < -0.4 is 9.47 Å². The summed E-state index contributed by atoms with van der Waals surface area (Å²) in [5.41, 5.74) is -0.539. The number of amides is 1. The van der Waals surface area contributed by atoms with Crippen LogP contribution in [-0.4, -0.2) is 72.9 Å². The van der Waals surface area contributed by atoms with Gasteiger partial charge in [0.25, 0.3) is 11.8 Å². The second kappa shape index (κ2) is 9.79. The summed E-state index contributed by atoms with van der Waals surface area (Å²) in [6, 6.07) is 2.89. The number of ether oxygens (including phenoxy) is 5. The van der Waals surface area contributed by atoms with Crippen LogP contribution in [0.4, 0.5) is 13.2 Å². The molecule has 2 aromatic heterocycles. The lowest BCUT2D eigenvalue weighted by Gasteiger charge is -2.40. The number of piperidine rings is 1. The summed E-state index contributed by atoms with van der Waals surface area (Å²) in [6.45, 7) is 1.74. The molecule has 0 aromatic carbocycles. The number of carbonyl (C=O) groups excluding carboxylic acids is 1. The van der Waals surface area contributed by atoms with E-state index in [1.165, 1.54) is 23.5 Å². The first-order valence-electron chi connectivity index (χ1n) is 10.2. The number of aromatic nitrogens is 2. The number of hydrogen-bond donors (Lipinski definition) is 0. The first-order valence-corrected chi connectivity index (χ1v) is 11.1. The second-order valence-corrected chi connectivity index (χ2v) is 8.12. The van der Waals surface area contributed by atoms with E-state index in [4.69, 9.17) is 18.9 Å². The lowest BCUT2D eigenvalue weighted by atomic mass is 9.89. The molecule has 33 heavy (non-hydrogen) atoms. The fourth-order valence-corrected chi connectivity index (χ4v) is 4.63. The van der Waals surface area contributed by atoms with Crippen molar-refractivity contribution >= 4 is 17.2 Å². The van der Waals surface area contributed by atoms with Crippen LogP contribution in [0.2, 0.25) is 0 Å². The molecule has 2 fully saturated rings. The molecule has 4 rings (SSSR count). The molecule has 0 bridgehead atoms. The highest BCUT2D eigenvalue weighted by atomic mass is 32.1. The number of rotatable bonds is 8. The third kappa shape index (κ3) is 5.21. The number of carbonyl (C=O) groups is 1. The third-order valence-electron chi connectivity index (χ3n) is 5.26. The van der Waals surface area contributed by atoms with Crippen molar-refractivity contribution in [1.29, 1.82) is 0 Å². The predicted molar refractivity (Wildman–Crippen MR) is 108 cm³/mol. The Bertz CT molecular complexity index is 961. The van der Waals surface area contributed by atoms with Gasteiger partial charge in [-0.2, -0.15) is 0 Å². The molecule has 0 saturated carbocycles. The highest BCUT2D eigenvalue weighted by molar-refractivity contribution is 7.09. The molecule has 0 aliphatic carbocycles. The Morgan fingerprint density at radius 1 is 1.33 bits per heavy atom. The summed E-state index contributed by atoms with van der Waals surface area (Å²) in [7, 11) is 0. The number of nitrogens with zero attached hydrogens (tertiary/aromatic N) is 3. The average Bonchev–Trinajstić information content (AvgIpc) is 3.46. The molecule has 2 aliphatic heterocycles. The van der Waals surface area contributed by atoms with Gasteiger partial charge in [-0.15, -0.1) is 24.5 Å². The van der Waals surface area contributed by atoms with Crippen molar-refractivity contribution in [3.8, 4) is 11.6 Å². The maximum absolute atomic E-state index is 13.1. The summed E-state index contributed by atoms with van der Waals surface area (Å²) < 4.78 is 62.4. The third-order valence-corrected chi connectivity index (χ3v) is 6.19. The van der Waals surface area contributed by atoms with Crippen molar-refractivity contribution in [2.45, 2.75) is 31.4 Å². The van der Waals surface area contributed by atoms with Crippen LogP contribution in [0.5, 0.6) is 11.6 Å². The Kier molecular flexibility index (Phi) is 7.02. The number of pyridine rings is 1. The van der Waals surface area contributed by atoms with Gasteiger partial charge < -0.3 is 23.8 Å². The van der Waals surface area contributed by atoms with Gasteiger partial charge in [-0.3, -0.25) is 9.53 Å². The van der Waals surface area contributed by atoms with E-state index in [1.807, 2.05) is 5.38 Å². The van der Waals surface area contributed by atoms with Gasteiger partial charge in [-0.25, -0.2) is 9.97 Å². The van der Waals surface area contributed by atoms with Gasteiger partial charge in [-0.1, -0.05) is 0 Å². The van der Waals surface area contributed by atoms with E-state index in [1.54, 1.807) is 18.0 Å². The van der Waals surface area contributed by atoms with Gasteiger partial charge in [0.15, 0.2) is 11.4 Å². The van der Waals surface area contributed by atoms with Crippen molar-refractivity contribution in [1.82, 2.24) is 14.9 Å². The van der Waals surface area contributed by atoms with E-state index in [0.717, 1.165) is 5.01 Å². The number of fused-ring (bicyclic) bond motifs is 1. The molecule has 0 N–H and O–H groups in total. The highest BCUT2D eigenvalue weighted by Gasteiger charge is 2.53. The zero-order valence-corrected chi connectivity index (χ0v) is 18.5. The summed E-state index contributed by atoms with van der Waals surface area (Å²) in [4.78, 5) is 23.4. The Morgan fingerprint density at radius 2 is 2.18 bits per heavy atom. The minimum atomic E-state index is -4.74. The molecule has 2 atom stereocenters. The summed E-state index contributed by atoms with van der Waals surface area (Å²) in [6.07, 6.45) is -2.86. The first-order chi connectivity index (χ1) is 15.8. The van der Waals surface area contributed by atoms with Crippen LogP contribution in [0, 0.1) is 0 Å². The lowest BCUT2D eigenvalue weighted by molar-refractivity contribution is -0.325. The molecule has 180 valence electrons. The standard InChI is InChI=1S/C20H22F3N3O6S/c1-2-28-16-14(29-8-9-31-20(21,22)23)4-3-13(25-16)17(27)26-7-5-19(18-24-6-10-33-18)15(11-26)30-12-32-19/h3-4,6,10,15H,2,5,7-9,11-12H2,1H3/t15-,19+/m0/s1. The second-order valence-electron chi connectivity index (χ2n) is 7.22. The van der Waals surface area contributed by atoms with Gasteiger partial charge >= 0.3 is 6.36 Å². The molecule has 9 nitrogen and oxygen atoms in total. The average molecular weight is 489 g/mol. The van der Waals surface area contributed by atoms with Crippen LogP contribution in [0.3, 0.4) is 0 Å². The number of alkyl halides is 3. The van der Waals surface area contributed by atoms with Crippen LogP contribution in [-0.2, 0) is 19.8 Å². The molecule has 0 radical (unpaired) electrons. The number of hydrogen-bond acceptors (Lipinski definition) is 9. The predicted octanol–water partition coefficient (Wildman–Crippen LogP) is 2.97. The minimum Gasteiger partial charge on any atom is -0.486 e. The monoisotopic (exact) mass is 489 g/mol. The number of thiazole rings is 1. The lowest BCUT2D eigenvalue weighted by Crippen LogP contribution is -2.53. The topological polar surface area (TPSA) is 92.2 Å². The van der Waals surface area contributed by atoms with E-state index in [9.17, 15) is 18.0 Å². The van der Waals surface area contributed by atoms with Crippen molar-refractivity contribution in [3.05, 3.63) is 34.4 Å². The van der Waals surface area contributed by atoms with E-state index >= 15 is 0 Å². The zero-order chi connectivity index (χ0) is 23.5. The van der Waals surface area contributed by atoms with Crippen molar-refractivity contribution in [2.75, 3.05) is 39.7 Å². The summed E-state index contributed by atoms with van der Waals surface area (Å²) >= 11 is 1.49. The van der Waals surface area contributed by atoms with Crippen LogP contribution >= 0.6 is 11.3 Å². The van der Waals surface area contributed by atoms with Gasteiger partial charge in [0, 0.05) is 24.5 Å². The van der Waals surface area contributed by atoms with E-state index in [2.05, 4.69) is 14.7 Å². The summed E-state index contributed by atoms with van der Waals surface area (Å²) in [5, 5.41) is 2.70. The van der Waals surface area contributed by atoms with Gasteiger partial charge in [0.2, 0.25) is 0 Å². The van der Waals surface area contributed by atoms with E-state index in [-0.39, 0.29) is 49.3 Å². The fraction of sp³-hybridized carbons (Fsp3) is 0.550. The van der Waals surface area contributed by atoms with Crippen LogP contribution in [0.25, 0.3) is 0 Å². The maximum atomic E-state index is 13.1. The van der Waals surface area contributed by atoms with Gasteiger partial charge in [0.1, 0.15) is 30.2 Å². The first kappa shape index (κ1) is 23.7. The molecule has 1 amide bonds. The molecule has 0 spiro atoms. The van der Waals surface area contributed by atoms with Crippen LogP contribution in [0.1, 0.15) is 28.8 Å². The van der Waals surface area contributed by atoms with Gasteiger partial charge in [-0.05, 0) is 19.1 Å². The van der Waals surface area contributed by atoms with Crippen molar-refractivity contribution in [2.24, 2.45) is 0 Å². The molecule has 4 heterocycles. The number of halogens is 3. The Morgan fingerprint density at radius 3 is 2.91 bits per heavy atom. The number of likely N-dealkylation sites (tertiary alicyclic amines) is 1. The SMILES string of the molecule is CCOc1nc(C(=O)N2CC[C@@]3(c4nccs4)OCO[C@H]3C2)ccc1OCCOC(F)(F)F. The molecule has 0 unspecified atom stereocenters. The van der Waals surface area contributed by atoms with Crippen molar-refractivity contribution in [3.63, 3.8) is 0 Å². The zero-order valence-electron chi connectivity index (χ0n) is 17.7. The van der Waals surface area contributed by atoms with E-state index < -0.39 is 18.6 Å². The van der Waals surface area contributed by atoms with E-state index in [0.29, 0.717) is 19.5 Å². The largest absolute Gasteiger partial charge is 0.522 e. The Hall–Kier alpha value is -2.48. The normalized spacial score (nSPS) is 22.8. The highest BCUT2D eigenvalue weighted by Crippen LogP contribution is 2.43. The Balaban J connectivity index is 1.43. The maximum Gasteiger partial charge on any atom is 0.522 e. The molecule has 2 aliphatic rings.